The number of pyridine rings is 1. The molecule has 0 aliphatic carbocycles. The molecule has 0 radical (unpaired) electrons. The molecule has 41 heavy (non-hydrogen) atoms. The summed E-state index contributed by atoms with van der Waals surface area (Å²) in [5.74, 6) is -6.27. The first-order valence-electron chi connectivity index (χ1n) is 12.5. The first-order chi connectivity index (χ1) is 19.7. The molecule has 2 aromatic heterocycles. The van der Waals surface area contributed by atoms with Gasteiger partial charge in [0.15, 0.2) is 17.4 Å². The Hall–Kier alpha value is -4.30. The summed E-state index contributed by atoms with van der Waals surface area (Å²) < 4.78 is 90.8. The molecule has 5 rings (SSSR count). The summed E-state index contributed by atoms with van der Waals surface area (Å²) in [6.07, 6.45) is 2.03. The molecule has 2 aromatic carbocycles. The van der Waals surface area contributed by atoms with Crippen LogP contribution in [0.3, 0.4) is 0 Å². The van der Waals surface area contributed by atoms with Gasteiger partial charge in [0.25, 0.3) is 0 Å². The summed E-state index contributed by atoms with van der Waals surface area (Å²) in [5.41, 5.74) is -0.269. The van der Waals surface area contributed by atoms with Gasteiger partial charge in [0, 0.05) is 44.0 Å². The third-order valence-corrected chi connectivity index (χ3v) is 7.35. The second-order valence-corrected chi connectivity index (χ2v) is 11.0. The molecule has 0 amide bonds. The maximum Gasteiger partial charge on any atom is 0.237 e. The molecule has 9 nitrogen and oxygen atoms in total. The highest BCUT2D eigenvalue weighted by molar-refractivity contribution is 7.91. The Morgan fingerprint density at radius 2 is 1.78 bits per heavy atom. The van der Waals surface area contributed by atoms with E-state index in [0.717, 1.165) is 0 Å². The van der Waals surface area contributed by atoms with E-state index < -0.39 is 50.8 Å². The lowest BCUT2D eigenvalue weighted by Gasteiger charge is -2.26. The van der Waals surface area contributed by atoms with E-state index in [1.54, 1.807) is 35.1 Å². The molecule has 1 saturated heterocycles. The van der Waals surface area contributed by atoms with Gasteiger partial charge in [-0.2, -0.15) is 4.39 Å². The number of piperidine rings is 1. The summed E-state index contributed by atoms with van der Waals surface area (Å²) in [5, 5.41) is 6.02. The van der Waals surface area contributed by atoms with Gasteiger partial charge >= 0.3 is 0 Å². The van der Waals surface area contributed by atoms with Crippen LogP contribution in [0.5, 0.6) is 11.6 Å². The summed E-state index contributed by atoms with van der Waals surface area (Å²) >= 11 is 0. The van der Waals surface area contributed by atoms with E-state index in [9.17, 15) is 21.6 Å². The number of rotatable bonds is 9. The van der Waals surface area contributed by atoms with E-state index in [-0.39, 0.29) is 42.1 Å². The average molecular weight is 589 g/mol. The molecule has 0 bridgehead atoms. The first-order valence-corrected chi connectivity index (χ1v) is 14.1. The molecule has 3 heterocycles. The van der Waals surface area contributed by atoms with Gasteiger partial charge in [-0.15, -0.1) is 0 Å². The number of aromatic nitrogens is 3. The molecule has 1 fully saturated rings. The number of nitrogens with zero attached hydrogens (tertiary/aromatic N) is 3. The monoisotopic (exact) mass is 588 g/mol. The van der Waals surface area contributed by atoms with Crippen LogP contribution >= 0.6 is 0 Å². The van der Waals surface area contributed by atoms with E-state index in [1.165, 1.54) is 30.6 Å². The van der Waals surface area contributed by atoms with Crippen LogP contribution in [0.4, 0.5) is 29.2 Å². The minimum atomic E-state index is -4.28. The molecule has 3 N–H and O–H groups in total. The molecular formula is C27H24F4N6O3S. The van der Waals surface area contributed by atoms with Crippen LogP contribution in [0.2, 0.25) is 0 Å². The number of alkyl halides is 1. The van der Waals surface area contributed by atoms with Crippen molar-refractivity contribution < 1.29 is 30.7 Å². The number of nitrogens with one attached hydrogen (secondary N) is 3. The quantitative estimate of drug-likeness (QED) is 0.189. The van der Waals surface area contributed by atoms with Crippen LogP contribution < -0.4 is 20.1 Å². The van der Waals surface area contributed by atoms with Crippen molar-refractivity contribution >= 4 is 21.7 Å². The van der Waals surface area contributed by atoms with Crippen molar-refractivity contribution in [1.82, 2.24) is 20.3 Å². The molecule has 1 aliphatic rings. The van der Waals surface area contributed by atoms with Gasteiger partial charge in [0.2, 0.25) is 27.7 Å². The van der Waals surface area contributed by atoms with Crippen LogP contribution in [0.1, 0.15) is 12.0 Å². The normalized spacial score (nSPS) is 17.2. The van der Waals surface area contributed by atoms with Crippen LogP contribution in [0, 0.1) is 17.5 Å². The SMILES string of the molecule is O=S(=O)(Cc1ccccc1)Nc1c(F)cc(Oc2ncccc2-c2ccnc(NC3CNCC(F)C3)n2)c(F)c1F. The Labute approximate surface area is 233 Å². The van der Waals surface area contributed by atoms with Gasteiger partial charge in [-0.1, -0.05) is 30.3 Å². The summed E-state index contributed by atoms with van der Waals surface area (Å²) in [7, 11) is -4.28. The third-order valence-electron chi connectivity index (χ3n) is 6.12. The van der Waals surface area contributed by atoms with E-state index in [4.69, 9.17) is 4.74 Å². The van der Waals surface area contributed by atoms with Crippen molar-refractivity contribution in [3.63, 3.8) is 0 Å². The standard InChI is InChI=1S/C27H24F4N6O3S/c28-17-11-18(14-32-13-17)35-27-34-10-8-21(36-27)19-7-4-9-33-26(19)40-22-12-20(29)25(24(31)23(22)30)37-41(38,39)15-16-5-2-1-3-6-16/h1-10,12,17-18,32,37H,11,13-15H2,(H,34,35,36). The minimum Gasteiger partial charge on any atom is -0.435 e. The number of anilines is 2. The zero-order valence-electron chi connectivity index (χ0n) is 21.3. The lowest BCUT2D eigenvalue weighted by Crippen LogP contribution is -2.44. The van der Waals surface area contributed by atoms with E-state index in [1.807, 2.05) is 0 Å². The van der Waals surface area contributed by atoms with E-state index in [0.29, 0.717) is 18.2 Å². The van der Waals surface area contributed by atoms with Crippen LogP contribution in [-0.4, -0.2) is 48.7 Å². The highest BCUT2D eigenvalue weighted by Crippen LogP contribution is 2.36. The van der Waals surface area contributed by atoms with Crippen molar-refractivity contribution in [2.45, 2.75) is 24.4 Å². The average Bonchev–Trinajstić information content (AvgIpc) is 2.95. The first kappa shape index (κ1) is 28.2. The van der Waals surface area contributed by atoms with Gasteiger partial charge in [-0.3, -0.25) is 4.72 Å². The number of benzene rings is 2. The van der Waals surface area contributed by atoms with Crippen molar-refractivity contribution in [3.05, 3.63) is 90.0 Å². The highest BCUT2D eigenvalue weighted by atomic mass is 32.2. The fourth-order valence-corrected chi connectivity index (χ4v) is 5.46. The van der Waals surface area contributed by atoms with Crippen LogP contribution in [0.25, 0.3) is 11.3 Å². The summed E-state index contributed by atoms with van der Waals surface area (Å²) in [4.78, 5) is 12.6. The fourth-order valence-electron chi connectivity index (χ4n) is 4.26. The smallest absolute Gasteiger partial charge is 0.237 e. The van der Waals surface area contributed by atoms with E-state index in [2.05, 4.69) is 25.6 Å². The van der Waals surface area contributed by atoms with Crippen LogP contribution in [-0.2, 0) is 15.8 Å². The van der Waals surface area contributed by atoms with Gasteiger partial charge in [0.1, 0.15) is 11.9 Å². The minimum absolute atomic E-state index is 0.202. The topological polar surface area (TPSA) is 118 Å². The molecule has 4 aromatic rings. The molecular weight excluding hydrogens is 564 g/mol. The van der Waals surface area contributed by atoms with E-state index >= 15 is 4.39 Å². The molecule has 14 heteroatoms. The lowest BCUT2D eigenvalue weighted by molar-refractivity contribution is 0.254. The summed E-state index contributed by atoms with van der Waals surface area (Å²) in [6.45, 7) is 0.790. The lowest BCUT2D eigenvalue weighted by atomic mass is 10.1. The number of hydrogen-bond acceptors (Lipinski definition) is 8. The number of hydrogen-bond donors (Lipinski definition) is 3. The number of sulfonamides is 1. The Kier molecular flexibility index (Phi) is 8.31. The Morgan fingerprint density at radius 1 is 0.976 bits per heavy atom. The third kappa shape index (κ3) is 6.89. The van der Waals surface area contributed by atoms with Gasteiger partial charge in [0.05, 0.1) is 17.0 Å². The molecule has 2 atom stereocenters. The molecule has 2 unspecified atom stereocenters. The van der Waals surface area contributed by atoms with Crippen molar-refractivity contribution in [2.75, 3.05) is 23.1 Å². The summed E-state index contributed by atoms with van der Waals surface area (Å²) in [6, 6.07) is 12.8. The van der Waals surface area contributed by atoms with Gasteiger partial charge in [-0.05, 0) is 23.8 Å². The molecule has 0 saturated carbocycles. The number of ether oxygens (including phenoxy) is 1. The molecule has 1 aliphatic heterocycles. The number of halogens is 4. The van der Waals surface area contributed by atoms with Crippen molar-refractivity contribution in [1.29, 1.82) is 0 Å². The maximum atomic E-state index is 15.0. The van der Waals surface area contributed by atoms with Gasteiger partial charge in [-0.25, -0.2) is 36.5 Å². The largest absolute Gasteiger partial charge is 0.435 e. The Bertz CT molecular complexity index is 1650. The second kappa shape index (κ2) is 12.1. The fraction of sp³-hybridized carbons (Fsp3) is 0.222. The predicted octanol–water partition coefficient (Wildman–Crippen LogP) is 4.80. The predicted molar refractivity (Wildman–Crippen MR) is 144 cm³/mol. The van der Waals surface area contributed by atoms with Gasteiger partial charge < -0.3 is 15.4 Å². The Balaban J connectivity index is 1.38. The van der Waals surface area contributed by atoms with Crippen molar-refractivity contribution in [2.24, 2.45) is 0 Å². The zero-order chi connectivity index (χ0) is 29.0. The highest BCUT2D eigenvalue weighted by Gasteiger charge is 2.26. The van der Waals surface area contributed by atoms with Crippen LogP contribution in [0.15, 0.2) is 67.0 Å². The molecule has 0 spiro atoms. The maximum absolute atomic E-state index is 15.0. The molecule has 214 valence electrons. The zero-order valence-corrected chi connectivity index (χ0v) is 22.1. The van der Waals surface area contributed by atoms with Crippen molar-refractivity contribution in [3.8, 4) is 22.9 Å². The Morgan fingerprint density at radius 3 is 2.56 bits per heavy atom. The second-order valence-electron chi connectivity index (χ2n) is 9.26.